The number of carboxylic acids is 2. The van der Waals surface area contributed by atoms with Gasteiger partial charge in [0.05, 0.1) is 0 Å². The normalized spacial score (nSPS) is 6.31. The van der Waals surface area contributed by atoms with E-state index in [9.17, 15) is 9.59 Å². The summed E-state index contributed by atoms with van der Waals surface area (Å²) < 4.78 is 0. The second-order valence-electron chi connectivity index (χ2n) is 1.40. The lowest BCUT2D eigenvalue weighted by molar-refractivity contribution is -0.132. The average Bonchev–Trinajstić information content (AvgIpc) is 2.07. The number of aliphatic carboxylic acids is 2. The van der Waals surface area contributed by atoms with Gasteiger partial charge in [-0.05, 0) is 6.92 Å². The summed E-state index contributed by atoms with van der Waals surface area (Å²) in [6.07, 6.45) is 1.67. The van der Waals surface area contributed by atoms with Gasteiger partial charge >= 0.3 is 11.9 Å². The van der Waals surface area contributed by atoms with Gasteiger partial charge < -0.3 is 15.3 Å². The van der Waals surface area contributed by atoms with Crippen molar-refractivity contribution in [1.82, 2.24) is 0 Å². The molecular weight excluding hydrogens is 176 g/mol. The first-order valence-electron chi connectivity index (χ1n) is 3.27. The Labute approximate surface area is 76.6 Å². The molecule has 0 saturated carbocycles. The van der Waals surface area contributed by atoms with Crippen LogP contribution in [0.2, 0.25) is 0 Å². The van der Waals surface area contributed by atoms with Crippen LogP contribution in [0.5, 0.6) is 0 Å². The van der Waals surface area contributed by atoms with E-state index in [0.717, 1.165) is 12.2 Å². The first-order chi connectivity index (χ1) is 5.95. The molecule has 0 radical (unpaired) electrons. The summed E-state index contributed by atoms with van der Waals surface area (Å²) in [6, 6.07) is 0. The molecule has 0 rings (SSSR count). The summed E-state index contributed by atoms with van der Waals surface area (Å²) in [6.45, 7) is 7.85. The predicted octanol–water partition coefficient (Wildman–Crippen LogP) is 0.513. The van der Waals surface area contributed by atoms with Gasteiger partial charge in [-0.1, -0.05) is 13.2 Å². The van der Waals surface area contributed by atoms with Crippen LogP contribution in [0.25, 0.3) is 0 Å². The van der Waals surface area contributed by atoms with Crippen molar-refractivity contribution in [2.24, 2.45) is 0 Å². The SMILES string of the molecule is C=CC(=O)O.C=CC(=O)O.CCO. The number of rotatable bonds is 2. The van der Waals surface area contributed by atoms with Gasteiger partial charge in [0.15, 0.2) is 0 Å². The molecule has 76 valence electrons. The van der Waals surface area contributed by atoms with Crippen molar-refractivity contribution in [2.45, 2.75) is 6.92 Å². The Hall–Kier alpha value is -1.62. The third-order valence-corrected chi connectivity index (χ3v) is 0.349. The van der Waals surface area contributed by atoms with Crippen molar-refractivity contribution < 1.29 is 24.9 Å². The van der Waals surface area contributed by atoms with Crippen molar-refractivity contribution in [3.8, 4) is 0 Å². The molecule has 0 aromatic heterocycles. The molecule has 5 nitrogen and oxygen atoms in total. The number of hydrogen-bond acceptors (Lipinski definition) is 3. The zero-order valence-electron chi connectivity index (χ0n) is 7.43. The van der Waals surface area contributed by atoms with Crippen LogP contribution in [-0.2, 0) is 9.59 Å². The summed E-state index contributed by atoms with van der Waals surface area (Å²) in [5.41, 5.74) is 0. The smallest absolute Gasteiger partial charge is 0.327 e. The molecule has 0 spiro atoms. The fourth-order valence-electron chi connectivity index (χ4n) is 0. The highest BCUT2D eigenvalue weighted by atomic mass is 16.4. The van der Waals surface area contributed by atoms with E-state index in [1.807, 2.05) is 0 Å². The van der Waals surface area contributed by atoms with Gasteiger partial charge in [-0.15, -0.1) is 0 Å². The summed E-state index contributed by atoms with van der Waals surface area (Å²) in [7, 11) is 0. The van der Waals surface area contributed by atoms with E-state index in [-0.39, 0.29) is 6.61 Å². The van der Waals surface area contributed by atoms with Crippen LogP contribution in [0.1, 0.15) is 6.92 Å². The lowest BCUT2D eigenvalue weighted by atomic mass is 10.7. The van der Waals surface area contributed by atoms with Crippen molar-refractivity contribution in [2.75, 3.05) is 6.61 Å². The molecule has 5 heteroatoms. The van der Waals surface area contributed by atoms with Gasteiger partial charge in [0.25, 0.3) is 0 Å². The van der Waals surface area contributed by atoms with Crippen LogP contribution in [0.4, 0.5) is 0 Å². The lowest BCUT2D eigenvalue weighted by Crippen LogP contribution is -1.82. The molecule has 0 bridgehead atoms. The molecule has 3 N–H and O–H groups in total. The fourth-order valence-corrected chi connectivity index (χ4v) is 0. The molecule has 0 atom stereocenters. The maximum absolute atomic E-state index is 9.25. The third kappa shape index (κ3) is 129. The second-order valence-corrected chi connectivity index (χ2v) is 1.40. The minimum Gasteiger partial charge on any atom is -0.478 e. The first kappa shape index (κ1) is 17.5. The average molecular weight is 190 g/mol. The highest BCUT2D eigenvalue weighted by Gasteiger charge is 1.73. The van der Waals surface area contributed by atoms with Crippen molar-refractivity contribution >= 4 is 11.9 Å². The summed E-state index contributed by atoms with van der Waals surface area (Å²) >= 11 is 0. The molecule has 0 heterocycles. The largest absolute Gasteiger partial charge is 0.478 e. The van der Waals surface area contributed by atoms with Gasteiger partial charge in [-0.3, -0.25) is 0 Å². The Morgan fingerprint density at radius 1 is 1.15 bits per heavy atom. The minimum absolute atomic E-state index is 0.250. The van der Waals surface area contributed by atoms with Crippen LogP contribution in [0.15, 0.2) is 25.3 Å². The van der Waals surface area contributed by atoms with E-state index >= 15 is 0 Å². The zero-order chi connectivity index (χ0) is 11.3. The number of carboxylic acid groups (broad SMARTS) is 2. The topological polar surface area (TPSA) is 94.8 Å². The van der Waals surface area contributed by atoms with Gasteiger partial charge in [-0.2, -0.15) is 0 Å². The fraction of sp³-hybridized carbons (Fsp3) is 0.250. The van der Waals surface area contributed by atoms with E-state index in [1.165, 1.54) is 0 Å². The number of carbonyl (C=O) groups is 2. The quantitative estimate of drug-likeness (QED) is 0.551. The summed E-state index contributed by atoms with van der Waals surface area (Å²) in [4.78, 5) is 18.5. The van der Waals surface area contributed by atoms with Gasteiger partial charge in [0.1, 0.15) is 0 Å². The van der Waals surface area contributed by atoms with Crippen LogP contribution < -0.4 is 0 Å². The van der Waals surface area contributed by atoms with Crippen LogP contribution in [0.3, 0.4) is 0 Å². The molecule has 0 aromatic rings. The van der Waals surface area contributed by atoms with Crippen LogP contribution in [0, 0.1) is 0 Å². The molecule has 0 unspecified atom stereocenters. The highest BCUT2D eigenvalue weighted by Crippen LogP contribution is 1.55. The van der Waals surface area contributed by atoms with Crippen molar-refractivity contribution in [3.63, 3.8) is 0 Å². The van der Waals surface area contributed by atoms with Crippen LogP contribution >= 0.6 is 0 Å². The van der Waals surface area contributed by atoms with E-state index in [0.29, 0.717) is 0 Å². The Kier molecular flexibility index (Phi) is 22.5. The molecular formula is C8H14O5. The highest BCUT2D eigenvalue weighted by molar-refractivity contribution is 5.79. The van der Waals surface area contributed by atoms with E-state index < -0.39 is 11.9 Å². The number of aliphatic hydroxyl groups is 1. The molecule has 0 aliphatic heterocycles. The first-order valence-corrected chi connectivity index (χ1v) is 3.27. The molecule has 0 aliphatic carbocycles. The molecule has 0 aliphatic rings. The van der Waals surface area contributed by atoms with Crippen LogP contribution in [-0.4, -0.2) is 33.9 Å². The Morgan fingerprint density at radius 2 is 1.23 bits per heavy atom. The van der Waals surface area contributed by atoms with E-state index in [2.05, 4.69) is 13.2 Å². The standard InChI is InChI=1S/2C3H4O2.C2H6O/c2*1-2-3(4)5;1-2-3/h2*2H,1H2,(H,4,5);3H,2H2,1H3. The number of hydrogen-bond donors (Lipinski definition) is 3. The van der Waals surface area contributed by atoms with Gasteiger partial charge in [-0.25, -0.2) is 9.59 Å². The molecule has 0 aromatic carbocycles. The molecule has 13 heavy (non-hydrogen) atoms. The Bertz CT molecular complexity index is 144. The second kappa shape index (κ2) is 16.8. The zero-order valence-corrected chi connectivity index (χ0v) is 7.43. The van der Waals surface area contributed by atoms with E-state index in [1.54, 1.807) is 6.92 Å². The monoisotopic (exact) mass is 190 g/mol. The maximum Gasteiger partial charge on any atom is 0.327 e. The van der Waals surface area contributed by atoms with Crippen molar-refractivity contribution in [1.29, 1.82) is 0 Å². The van der Waals surface area contributed by atoms with Gasteiger partial charge in [0.2, 0.25) is 0 Å². The predicted molar refractivity (Wildman–Crippen MR) is 48.4 cm³/mol. The maximum atomic E-state index is 9.25. The Balaban J connectivity index is -0.000000120. The third-order valence-electron chi connectivity index (χ3n) is 0.349. The molecule has 0 saturated heterocycles. The van der Waals surface area contributed by atoms with Gasteiger partial charge in [0, 0.05) is 18.8 Å². The van der Waals surface area contributed by atoms with Crippen molar-refractivity contribution in [3.05, 3.63) is 25.3 Å². The summed E-state index contributed by atoms with van der Waals surface area (Å²) in [5.74, 6) is -1.96. The minimum atomic E-state index is -0.981. The molecule has 0 amide bonds. The number of aliphatic hydroxyl groups excluding tert-OH is 1. The summed E-state index contributed by atoms with van der Waals surface area (Å²) in [5, 5.41) is 22.8. The Morgan fingerprint density at radius 3 is 1.23 bits per heavy atom. The van der Waals surface area contributed by atoms with E-state index in [4.69, 9.17) is 15.3 Å². The molecule has 0 fully saturated rings. The lowest BCUT2D eigenvalue weighted by Gasteiger charge is -1.64.